The Hall–Kier alpha value is -1.66. The van der Waals surface area contributed by atoms with Gasteiger partial charge in [0.15, 0.2) is 0 Å². The first-order valence-electron chi connectivity index (χ1n) is 5.42. The van der Waals surface area contributed by atoms with Gasteiger partial charge in [-0.25, -0.2) is 4.39 Å². The van der Waals surface area contributed by atoms with Gasteiger partial charge in [0, 0.05) is 19.2 Å². The van der Waals surface area contributed by atoms with Crippen molar-refractivity contribution < 1.29 is 23.8 Å². The number of methoxy groups -OCH3 is 1. The summed E-state index contributed by atoms with van der Waals surface area (Å²) in [5, 5.41) is 11.0. The number of hydrogen-bond donors (Lipinski definition) is 2. The molecule has 0 fully saturated rings. The second-order valence-corrected chi connectivity index (χ2v) is 4.20. The van der Waals surface area contributed by atoms with Crippen molar-refractivity contribution in [3.05, 3.63) is 34.6 Å². The van der Waals surface area contributed by atoms with Crippen molar-refractivity contribution >= 4 is 23.5 Å². The molecule has 2 N–H and O–H groups in total. The summed E-state index contributed by atoms with van der Waals surface area (Å²) in [6.07, 6.45) is -0.849. The Morgan fingerprint density at radius 3 is 2.74 bits per heavy atom. The van der Waals surface area contributed by atoms with Crippen LogP contribution in [0.5, 0.6) is 0 Å². The quantitative estimate of drug-likeness (QED) is 0.836. The minimum atomic E-state index is -1.02. The van der Waals surface area contributed by atoms with Crippen molar-refractivity contribution in [1.29, 1.82) is 0 Å². The Labute approximate surface area is 114 Å². The van der Waals surface area contributed by atoms with Gasteiger partial charge in [-0.05, 0) is 18.2 Å². The molecule has 1 unspecified atom stereocenters. The van der Waals surface area contributed by atoms with Crippen molar-refractivity contribution in [2.75, 3.05) is 13.7 Å². The number of nitrogens with one attached hydrogen (secondary N) is 1. The predicted molar refractivity (Wildman–Crippen MR) is 66.8 cm³/mol. The smallest absolute Gasteiger partial charge is 0.306 e. The lowest BCUT2D eigenvalue weighted by molar-refractivity contribution is -0.139. The van der Waals surface area contributed by atoms with E-state index >= 15 is 0 Å². The number of carboxylic acids is 1. The van der Waals surface area contributed by atoms with Gasteiger partial charge in [0.05, 0.1) is 17.5 Å². The van der Waals surface area contributed by atoms with E-state index in [-0.39, 0.29) is 23.6 Å². The summed E-state index contributed by atoms with van der Waals surface area (Å²) in [6, 6.07) is 3.57. The Morgan fingerprint density at radius 1 is 1.53 bits per heavy atom. The Morgan fingerprint density at radius 2 is 2.21 bits per heavy atom. The molecule has 1 amide bonds. The van der Waals surface area contributed by atoms with Crippen LogP contribution < -0.4 is 5.32 Å². The lowest BCUT2D eigenvalue weighted by Gasteiger charge is -2.14. The molecular formula is C12H13ClFNO4. The number of aliphatic carboxylic acids is 1. The normalized spacial score (nSPS) is 11.9. The third-order valence-electron chi connectivity index (χ3n) is 2.41. The summed E-state index contributed by atoms with van der Waals surface area (Å²) in [7, 11) is 1.36. The summed E-state index contributed by atoms with van der Waals surface area (Å²) in [5.41, 5.74) is 0.191. The molecular weight excluding hydrogens is 277 g/mol. The fraction of sp³-hybridized carbons (Fsp3) is 0.333. The molecule has 0 aliphatic rings. The van der Waals surface area contributed by atoms with Crippen molar-refractivity contribution in [1.82, 2.24) is 5.32 Å². The minimum Gasteiger partial charge on any atom is -0.481 e. The molecule has 0 aromatic heterocycles. The van der Waals surface area contributed by atoms with E-state index in [0.717, 1.165) is 6.07 Å². The molecule has 1 rings (SSSR count). The molecule has 7 heteroatoms. The molecule has 1 atom stereocenters. The van der Waals surface area contributed by atoms with Crippen LogP contribution >= 0.6 is 11.6 Å². The average Bonchev–Trinajstić information content (AvgIpc) is 2.36. The van der Waals surface area contributed by atoms with E-state index in [1.54, 1.807) is 0 Å². The first kappa shape index (κ1) is 15.4. The lowest BCUT2D eigenvalue weighted by atomic mass is 10.2. The molecule has 0 aliphatic heterocycles. The number of carboxylic acid groups (broad SMARTS) is 1. The van der Waals surface area contributed by atoms with Gasteiger partial charge in [-0.3, -0.25) is 9.59 Å². The largest absolute Gasteiger partial charge is 0.481 e. The standard InChI is InChI=1S/C12H13ClFNO4/c1-19-8(5-11(16)17)6-15-12(18)7-2-3-10(14)9(13)4-7/h2-4,8H,5-6H2,1H3,(H,15,18)(H,16,17). The average molecular weight is 290 g/mol. The summed E-state index contributed by atoms with van der Waals surface area (Å²) in [4.78, 5) is 22.2. The van der Waals surface area contributed by atoms with Crippen LogP contribution in [-0.4, -0.2) is 36.7 Å². The van der Waals surface area contributed by atoms with Gasteiger partial charge in [-0.2, -0.15) is 0 Å². The van der Waals surface area contributed by atoms with E-state index in [2.05, 4.69) is 5.32 Å². The molecule has 0 bridgehead atoms. The Kier molecular flexibility index (Phi) is 5.72. The number of carbonyl (C=O) groups is 2. The number of amides is 1. The molecule has 0 saturated carbocycles. The van der Waals surface area contributed by atoms with Crippen LogP contribution in [-0.2, 0) is 9.53 Å². The van der Waals surface area contributed by atoms with Gasteiger partial charge in [-0.15, -0.1) is 0 Å². The van der Waals surface area contributed by atoms with Gasteiger partial charge in [-0.1, -0.05) is 11.6 Å². The number of rotatable bonds is 6. The van der Waals surface area contributed by atoms with Gasteiger partial charge in [0.25, 0.3) is 5.91 Å². The number of carbonyl (C=O) groups excluding carboxylic acids is 1. The molecule has 5 nitrogen and oxygen atoms in total. The highest BCUT2D eigenvalue weighted by molar-refractivity contribution is 6.31. The van der Waals surface area contributed by atoms with Crippen LogP contribution in [0.2, 0.25) is 5.02 Å². The maximum Gasteiger partial charge on any atom is 0.306 e. The third-order valence-corrected chi connectivity index (χ3v) is 2.70. The van der Waals surface area contributed by atoms with Crippen LogP contribution in [0.3, 0.4) is 0 Å². The molecule has 0 heterocycles. The number of hydrogen-bond acceptors (Lipinski definition) is 3. The molecule has 1 aromatic rings. The third kappa shape index (κ3) is 4.84. The van der Waals surface area contributed by atoms with Crippen molar-refractivity contribution in [3.8, 4) is 0 Å². The van der Waals surface area contributed by atoms with E-state index in [0.29, 0.717) is 0 Å². The van der Waals surface area contributed by atoms with Crippen LogP contribution in [0.1, 0.15) is 16.8 Å². The maximum absolute atomic E-state index is 12.9. The molecule has 0 saturated heterocycles. The number of halogens is 2. The van der Waals surface area contributed by atoms with E-state index in [4.69, 9.17) is 21.4 Å². The molecule has 1 aromatic carbocycles. The monoisotopic (exact) mass is 289 g/mol. The van der Waals surface area contributed by atoms with E-state index in [1.165, 1.54) is 19.2 Å². The van der Waals surface area contributed by atoms with Gasteiger partial charge in [0.2, 0.25) is 0 Å². The fourth-order valence-corrected chi connectivity index (χ4v) is 1.56. The highest BCUT2D eigenvalue weighted by Crippen LogP contribution is 2.15. The predicted octanol–water partition coefficient (Wildman–Crippen LogP) is 1.70. The zero-order valence-electron chi connectivity index (χ0n) is 10.2. The van der Waals surface area contributed by atoms with E-state index in [1.807, 2.05) is 0 Å². The van der Waals surface area contributed by atoms with Crippen LogP contribution in [0, 0.1) is 5.82 Å². The molecule has 104 valence electrons. The van der Waals surface area contributed by atoms with Crippen molar-refractivity contribution in [2.45, 2.75) is 12.5 Å². The van der Waals surface area contributed by atoms with Gasteiger partial charge >= 0.3 is 5.97 Å². The Balaban J connectivity index is 2.59. The van der Waals surface area contributed by atoms with Gasteiger partial charge < -0.3 is 15.2 Å². The lowest BCUT2D eigenvalue weighted by Crippen LogP contribution is -2.34. The topological polar surface area (TPSA) is 75.6 Å². The summed E-state index contributed by atoms with van der Waals surface area (Å²) in [5.74, 6) is -2.11. The highest BCUT2D eigenvalue weighted by Gasteiger charge is 2.15. The zero-order chi connectivity index (χ0) is 14.4. The summed E-state index contributed by atoms with van der Waals surface area (Å²) < 4.78 is 17.8. The van der Waals surface area contributed by atoms with E-state index in [9.17, 15) is 14.0 Å². The summed E-state index contributed by atoms with van der Waals surface area (Å²) in [6.45, 7) is 0.0383. The van der Waals surface area contributed by atoms with Crippen molar-refractivity contribution in [2.24, 2.45) is 0 Å². The van der Waals surface area contributed by atoms with Crippen LogP contribution in [0.4, 0.5) is 4.39 Å². The molecule has 0 spiro atoms. The minimum absolute atomic E-state index is 0.0383. The number of ether oxygens (including phenoxy) is 1. The maximum atomic E-state index is 12.9. The number of benzene rings is 1. The Bertz CT molecular complexity index is 481. The summed E-state index contributed by atoms with van der Waals surface area (Å²) >= 11 is 5.56. The van der Waals surface area contributed by atoms with E-state index < -0.39 is 23.8 Å². The molecule has 19 heavy (non-hydrogen) atoms. The molecule has 0 aliphatic carbocycles. The van der Waals surface area contributed by atoms with Crippen molar-refractivity contribution in [3.63, 3.8) is 0 Å². The first-order chi connectivity index (χ1) is 8.93. The van der Waals surface area contributed by atoms with Crippen LogP contribution in [0.15, 0.2) is 18.2 Å². The molecule has 0 radical (unpaired) electrons. The van der Waals surface area contributed by atoms with Gasteiger partial charge in [0.1, 0.15) is 5.82 Å². The zero-order valence-corrected chi connectivity index (χ0v) is 10.9. The highest BCUT2D eigenvalue weighted by atomic mass is 35.5. The van der Waals surface area contributed by atoms with Crippen LogP contribution in [0.25, 0.3) is 0 Å². The SMILES string of the molecule is COC(CNC(=O)c1ccc(F)c(Cl)c1)CC(=O)O. The second-order valence-electron chi connectivity index (χ2n) is 3.79. The second kappa shape index (κ2) is 7.06. The first-order valence-corrected chi connectivity index (χ1v) is 5.79. The fourth-order valence-electron chi connectivity index (χ4n) is 1.38.